The maximum atomic E-state index is 11.5. The fourth-order valence-corrected chi connectivity index (χ4v) is 4.72. The van der Waals surface area contributed by atoms with Crippen LogP contribution in [0.4, 0.5) is 5.69 Å². The first-order valence-corrected chi connectivity index (χ1v) is 11.7. The fourth-order valence-electron chi connectivity index (χ4n) is 3.45. The molecule has 5 rings (SSSR count). The van der Waals surface area contributed by atoms with Crippen LogP contribution in [0, 0.1) is 0 Å². The number of fused-ring (bicyclic) bond motifs is 2. The zero-order valence-electron chi connectivity index (χ0n) is 15.5. The highest BCUT2D eigenvalue weighted by Gasteiger charge is 2.20. The van der Waals surface area contributed by atoms with Crippen molar-refractivity contribution in [3.8, 4) is 11.3 Å². The number of thiazole rings is 1. The molecule has 0 atom stereocenters. The van der Waals surface area contributed by atoms with Crippen molar-refractivity contribution in [2.45, 2.75) is 6.42 Å². The Bertz CT molecular complexity index is 1390. The van der Waals surface area contributed by atoms with Gasteiger partial charge < -0.3 is 0 Å². The second kappa shape index (κ2) is 6.75. The lowest BCUT2D eigenvalue weighted by Gasteiger charge is -2.09. The number of sulfonamides is 1. The summed E-state index contributed by atoms with van der Waals surface area (Å²) in [7, 11) is -3.34. The summed E-state index contributed by atoms with van der Waals surface area (Å²) in [4.78, 5) is 13.8. The molecule has 29 heavy (non-hydrogen) atoms. The molecule has 1 aliphatic rings. The van der Waals surface area contributed by atoms with E-state index in [1.54, 1.807) is 35.7 Å². The molecule has 2 heterocycles. The van der Waals surface area contributed by atoms with Crippen molar-refractivity contribution in [3.63, 3.8) is 0 Å². The van der Waals surface area contributed by atoms with E-state index in [2.05, 4.69) is 32.9 Å². The number of anilines is 1. The van der Waals surface area contributed by atoms with Gasteiger partial charge in [-0.15, -0.1) is 11.3 Å². The van der Waals surface area contributed by atoms with Crippen LogP contribution in [0.1, 0.15) is 17.0 Å². The van der Waals surface area contributed by atoms with Crippen LogP contribution in [-0.4, -0.2) is 29.6 Å². The highest BCUT2D eigenvalue weighted by Crippen LogP contribution is 2.34. The molecule has 0 amide bonds. The summed E-state index contributed by atoms with van der Waals surface area (Å²) >= 11 is 1.62. The van der Waals surface area contributed by atoms with E-state index in [0.29, 0.717) is 11.4 Å². The summed E-state index contributed by atoms with van der Waals surface area (Å²) < 4.78 is 26.7. The third kappa shape index (κ3) is 3.52. The van der Waals surface area contributed by atoms with Crippen molar-refractivity contribution >= 4 is 42.8 Å². The molecule has 0 aliphatic heterocycles. The summed E-state index contributed by atoms with van der Waals surface area (Å²) in [6.07, 6.45) is 5.76. The molecular weight excluding hydrogens is 404 g/mol. The number of benzene rings is 2. The van der Waals surface area contributed by atoms with E-state index < -0.39 is 10.0 Å². The van der Waals surface area contributed by atoms with Crippen LogP contribution >= 0.6 is 11.3 Å². The Labute approximate surface area is 172 Å². The van der Waals surface area contributed by atoms with Gasteiger partial charge in [0.25, 0.3) is 0 Å². The minimum atomic E-state index is -3.34. The van der Waals surface area contributed by atoms with Gasteiger partial charge in [-0.1, -0.05) is 24.3 Å². The average molecular weight is 421 g/mol. The smallest absolute Gasteiger partial charge is 0.229 e. The molecule has 1 aliphatic carbocycles. The van der Waals surface area contributed by atoms with E-state index in [0.717, 1.165) is 51.0 Å². The van der Waals surface area contributed by atoms with Gasteiger partial charge in [-0.25, -0.2) is 18.4 Å². The minimum Gasteiger partial charge on any atom is -0.284 e. The van der Waals surface area contributed by atoms with E-state index in [1.807, 2.05) is 17.6 Å². The molecular formula is C21H16N4O2S2. The summed E-state index contributed by atoms with van der Waals surface area (Å²) in [6.45, 7) is 0. The Kier molecular flexibility index (Phi) is 4.18. The molecule has 6 nitrogen and oxygen atoms in total. The van der Waals surface area contributed by atoms with Gasteiger partial charge in [-0.05, 0) is 29.8 Å². The van der Waals surface area contributed by atoms with Gasteiger partial charge in [0.2, 0.25) is 10.0 Å². The summed E-state index contributed by atoms with van der Waals surface area (Å²) in [5.74, 6) is 0. The number of allylic oxidation sites excluding steroid dienone is 1. The molecule has 2 aromatic heterocycles. The molecule has 0 saturated heterocycles. The predicted octanol–water partition coefficient (Wildman–Crippen LogP) is 4.11. The number of rotatable bonds is 4. The molecule has 8 heteroatoms. The van der Waals surface area contributed by atoms with E-state index in [-0.39, 0.29) is 0 Å². The largest absolute Gasteiger partial charge is 0.284 e. The lowest BCUT2D eigenvalue weighted by Crippen LogP contribution is -2.09. The number of aromatic nitrogens is 3. The van der Waals surface area contributed by atoms with Crippen LogP contribution in [0.2, 0.25) is 0 Å². The first kappa shape index (κ1) is 18.0. The normalized spacial score (nSPS) is 13.3. The second-order valence-electron chi connectivity index (χ2n) is 6.86. The number of nitrogens with one attached hydrogen (secondary N) is 1. The summed E-state index contributed by atoms with van der Waals surface area (Å²) in [5, 5.41) is 0. The monoisotopic (exact) mass is 420 g/mol. The zero-order valence-corrected chi connectivity index (χ0v) is 17.1. The van der Waals surface area contributed by atoms with Gasteiger partial charge in [0, 0.05) is 23.2 Å². The number of nitrogens with zero attached hydrogens (tertiary/aromatic N) is 3. The van der Waals surface area contributed by atoms with Crippen LogP contribution in [0.5, 0.6) is 0 Å². The molecule has 144 valence electrons. The quantitative estimate of drug-likeness (QED) is 0.537. The van der Waals surface area contributed by atoms with Crippen molar-refractivity contribution in [2.75, 3.05) is 11.0 Å². The van der Waals surface area contributed by atoms with Gasteiger partial charge >= 0.3 is 0 Å². The van der Waals surface area contributed by atoms with Crippen molar-refractivity contribution in [1.29, 1.82) is 0 Å². The average Bonchev–Trinajstić information content (AvgIpc) is 3.32. The zero-order chi connectivity index (χ0) is 20.0. The van der Waals surface area contributed by atoms with E-state index >= 15 is 0 Å². The van der Waals surface area contributed by atoms with Crippen LogP contribution in [0.3, 0.4) is 0 Å². The Morgan fingerprint density at radius 1 is 1.07 bits per heavy atom. The third-order valence-electron chi connectivity index (χ3n) is 4.71. The second-order valence-corrected chi connectivity index (χ2v) is 9.50. The van der Waals surface area contributed by atoms with E-state index in [1.165, 1.54) is 0 Å². The lowest BCUT2D eigenvalue weighted by molar-refractivity contribution is 0.607. The van der Waals surface area contributed by atoms with Crippen molar-refractivity contribution in [3.05, 3.63) is 77.2 Å². The van der Waals surface area contributed by atoms with Crippen LogP contribution in [-0.2, 0) is 16.4 Å². The topological polar surface area (TPSA) is 84.8 Å². The standard InChI is InChI=1S/C21H16N4O2S2/c1-29(26,27)25-15-4-2-3-14(9-15)19-11-22-18-8-6-16(21(18)24-19)13-5-7-17-20(10-13)28-12-23-17/h2-7,9-12,25H,8H2,1H3. The molecule has 0 radical (unpaired) electrons. The van der Waals surface area contributed by atoms with Crippen molar-refractivity contribution in [1.82, 2.24) is 15.0 Å². The summed E-state index contributed by atoms with van der Waals surface area (Å²) in [6, 6.07) is 13.4. The number of hydrogen-bond acceptors (Lipinski definition) is 6. The molecule has 1 N–H and O–H groups in total. The van der Waals surface area contributed by atoms with Crippen molar-refractivity contribution < 1.29 is 8.42 Å². The first-order chi connectivity index (χ1) is 14.0. The molecule has 0 spiro atoms. The Hall–Kier alpha value is -3.10. The molecule has 0 fully saturated rings. The van der Waals surface area contributed by atoms with Crippen LogP contribution in [0.15, 0.2) is 60.2 Å². The molecule has 2 aromatic carbocycles. The molecule has 0 saturated carbocycles. The third-order valence-corrected chi connectivity index (χ3v) is 6.11. The Balaban J connectivity index is 1.54. The maximum absolute atomic E-state index is 11.5. The highest BCUT2D eigenvalue weighted by molar-refractivity contribution is 7.92. The lowest BCUT2D eigenvalue weighted by atomic mass is 10.0. The minimum absolute atomic E-state index is 0.499. The van der Waals surface area contributed by atoms with E-state index in [4.69, 9.17) is 4.98 Å². The van der Waals surface area contributed by atoms with Gasteiger partial charge in [-0.3, -0.25) is 9.71 Å². The van der Waals surface area contributed by atoms with Crippen molar-refractivity contribution in [2.24, 2.45) is 0 Å². The SMILES string of the molecule is CS(=O)(=O)Nc1cccc(-c2cnc3c(n2)C(c2ccc4ncsc4c2)=CC3)c1. The van der Waals surface area contributed by atoms with Gasteiger partial charge in [-0.2, -0.15) is 0 Å². The molecule has 0 bridgehead atoms. The van der Waals surface area contributed by atoms with E-state index in [9.17, 15) is 8.42 Å². The fraction of sp³-hybridized carbons (Fsp3) is 0.0952. The van der Waals surface area contributed by atoms with Crippen LogP contribution in [0.25, 0.3) is 27.0 Å². The summed E-state index contributed by atoms with van der Waals surface area (Å²) in [5.41, 5.74) is 8.82. The predicted molar refractivity (Wildman–Crippen MR) is 116 cm³/mol. The van der Waals surface area contributed by atoms with Crippen LogP contribution < -0.4 is 4.72 Å². The highest BCUT2D eigenvalue weighted by atomic mass is 32.2. The number of hydrogen-bond donors (Lipinski definition) is 1. The molecule has 0 unspecified atom stereocenters. The Morgan fingerprint density at radius 2 is 1.97 bits per heavy atom. The van der Waals surface area contributed by atoms with Gasteiger partial charge in [0.1, 0.15) is 0 Å². The maximum Gasteiger partial charge on any atom is 0.229 e. The van der Waals surface area contributed by atoms with Gasteiger partial charge in [0.05, 0.1) is 45.3 Å². The van der Waals surface area contributed by atoms with Gasteiger partial charge in [0.15, 0.2) is 0 Å². The first-order valence-electron chi connectivity index (χ1n) is 8.94. The molecule has 4 aromatic rings. The Morgan fingerprint density at radius 3 is 2.83 bits per heavy atom.